The van der Waals surface area contributed by atoms with Crippen LogP contribution in [0.4, 0.5) is 4.79 Å². The van der Waals surface area contributed by atoms with Gasteiger partial charge in [-0.15, -0.1) is 0 Å². The van der Waals surface area contributed by atoms with Gasteiger partial charge in [-0.05, 0) is 26.8 Å². The van der Waals surface area contributed by atoms with E-state index >= 15 is 0 Å². The molecule has 0 aromatic heterocycles. The van der Waals surface area contributed by atoms with Gasteiger partial charge in [0.15, 0.2) is 0 Å². The predicted molar refractivity (Wildman–Crippen MR) is 98.3 cm³/mol. The highest BCUT2D eigenvalue weighted by Gasteiger charge is 2.48. The molecule has 1 amide bonds. The van der Waals surface area contributed by atoms with Gasteiger partial charge in [0.1, 0.15) is 11.2 Å². The van der Waals surface area contributed by atoms with Crippen LogP contribution in [0.15, 0.2) is 0 Å². The monoisotopic (exact) mass is 377 g/mol. The van der Waals surface area contributed by atoms with Gasteiger partial charge in [0.2, 0.25) is 0 Å². The highest BCUT2D eigenvalue weighted by molar-refractivity contribution is 6.76. The number of hydrogen-bond donors (Lipinski definition) is 3. The molecule has 1 rings (SSSR count). The average Bonchev–Trinajstić information content (AvgIpc) is 2.44. The minimum absolute atomic E-state index is 0.176. The second-order valence-corrected chi connectivity index (χ2v) is 14.8. The molecule has 0 spiro atoms. The van der Waals surface area contributed by atoms with Crippen molar-refractivity contribution in [1.29, 1.82) is 0 Å². The molecule has 1 saturated heterocycles. The van der Waals surface area contributed by atoms with Crippen molar-refractivity contribution >= 4 is 14.2 Å². The molecule has 0 bridgehead atoms. The van der Waals surface area contributed by atoms with E-state index < -0.39 is 44.0 Å². The van der Waals surface area contributed by atoms with E-state index in [0.717, 1.165) is 6.04 Å². The van der Waals surface area contributed by atoms with E-state index in [-0.39, 0.29) is 19.7 Å². The minimum Gasteiger partial charge on any atom is -0.444 e. The second-order valence-electron chi connectivity index (χ2n) is 9.21. The van der Waals surface area contributed by atoms with Crippen LogP contribution in [0.1, 0.15) is 20.8 Å². The highest BCUT2D eigenvalue weighted by Crippen LogP contribution is 2.28. The van der Waals surface area contributed by atoms with Crippen LogP contribution < -0.4 is 0 Å². The van der Waals surface area contributed by atoms with Crippen LogP contribution in [0, 0.1) is 5.92 Å². The molecule has 0 unspecified atom stereocenters. The van der Waals surface area contributed by atoms with Gasteiger partial charge in [0.25, 0.3) is 0 Å². The van der Waals surface area contributed by atoms with Gasteiger partial charge in [-0.1, -0.05) is 19.6 Å². The summed E-state index contributed by atoms with van der Waals surface area (Å²) in [6.45, 7) is 12.2. The summed E-state index contributed by atoms with van der Waals surface area (Å²) in [5.41, 5.74) is -2.43. The maximum absolute atomic E-state index is 12.3. The van der Waals surface area contributed by atoms with E-state index in [1.807, 2.05) is 0 Å². The Morgan fingerprint density at radius 1 is 1.32 bits per heavy atom. The average molecular weight is 378 g/mol. The lowest BCUT2D eigenvalue weighted by molar-refractivity contribution is -0.172. The van der Waals surface area contributed by atoms with Crippen molar-refractivity contribution in [2.24, 2.45) is 5.92 Å². The molecule has 0 aliphatic carbocycles. The Morgan fingerprint density at radius 3 is 2.40 bits per heavy atom. The summed E-state index contributed by atoms with van der Waals surface area (Å²) in [6, 6.07) is 0.996. The zero-order chi connectivity index (χ0) is 19.5. The standard InChI is InChI=1S/C17H35NO6Si/c1-16(2,3)24-15(21)18-9-13(10-23-7-8-25(4,5)6)14(20)17(22,11-18)12-19/h13-14,19-20,22H,7-12H2,1-6H3/t13-,14-,17+/m1/s1. The summed E-state index contributed by atoms with van der Waals surface area (Å²) >= 11 is 0. The van der Waals surface area contributed by atoms with E-state index in [1.165, 1.54) is 4.90 Å². The largest absolute Gasteiger partial charge is 0.444 e. The third-order valence-corrected chi connectivity index (χ3v) is 5.87. The normalized spacial score (nSPS) is 28.1. The summed E-state index contributed by atoms with van der Waals surface area (Å²) < 4.78 is 11.0. The van der Waals surface area contributed by atoms with Crippen molar-refractivity contribution in [3.63, 3.8) is 0 Å². The van der Waals surface area contributed by atoms with Crippen molar-refractivity contribution in [3.8, 4) is 0 Å². The van der Waals surface area contributed by atoms with Crippen molar-refractivity contribution in [2.45, 2.75) is 63.8 Å². The maximum Gasteiger partial charge on any atom is 0.410 e. The first-order chi connectivity index (χ1) is 11.3. The number of aliphatic hydroxyl groups excluding tert-OH is 2. The van der Waals surface area contributed by atoms with Gasteiger partial charge in [-0.25, -0.2) is 4.79 Å². The number of amides is 1. The number of β-amino-alcohol motifs (C(OH)–C–C–N with tert-alkyl or cyclic N) is 1. The Kier molecular flexibility index (Phi) is 7.47. The smallest absolute Gasteiger partial charge is 0.410 e. The van der Waals surface area contributed by atoms with Gasteiger partial charge < -0.3 is 29.7 Å². The molecule has 0 aromatic rings. The summed E-state index contributed by atoms with van der Waals surface area (Å²) in [5, 5.41) is 30.5. The van der Waals surface area contributed by atoms with Crippen molar-refractivity contribution in [1.82, 2.24) is 4.90 Å². The fourth-order valence-electron chi connectivity index (χ4n) is 2.68. The maximum atomic E-state index is 12.3. The first kappa shape index (κ1) is 22.4. The molecular formula is C17H35NO6Si. The summed E-state index contributed by atoms with van der Waals surface area (Å²) in [6.07, 6.45) is -1.73. The molecule has 1 aliphatic heterocycles. The zero-order valence-electron chi connectivity index (χ0n) is 16.4. The van der Waals surface area contributed by atoms with Gasteiger partial charge in [-0.3, -0.25) is 0 Å². The van der Waals surface area contributed by atoms with Crippen LogP contribution in [0.25, 0.3) is 0 Å². The van der Waals surface area contributed by atoms with Crippen molar-refractivity contribution < 1.29 is 29.6 Å². The lowest BCUT2D eigenvalue weighted by Gasteiger charge is -2.45. The van der Waals surface area contributed by atoms with E-state index in [0.29, 0.717) is 6.61 Å². The fourth-order valence-corrected chi connectivity index (χ4v) is 3.43. The molecule has 25 heavy (non-hydrogen) atoms. The number of rotatable bonds is 6. The van der Waals surface area contributed by atoms with E-state index in [1.54, 1.807) is 20.8 Å². The summed E-state index contributed by atoms with van der Waals surface area (Å²) in [4.78, 5) is 13.7. The van der Waals surface area contributed by atoms with Crippen LogP contribution in [-0.2, 0) is 9.47 Å². The SMILES string of the molecule is CC(C)(C)OC(=O)N1C[C@H](COCC[Si](C)(C)C)[C@@H](O)[C@@](O)(CO)C1. The molecule has 1 fully saturated rings. The Bertz CT molecular complexity index is 447. The number of piperidine rings is 1. The third-order valence-electron chi connectivity index (χ3n) is 4.17. The number of nitrogens with zero attached hydrogens (tertiary/aromatic N) is 1. The van der Waals surface area contributed by atoms with Crippen LogP contribution in [0.2, 0.25) is 25.7 Å². The van der Waals surface area contributed by atoms with E-state index in [4.69, 9.17) is 9.47 Å². The molecule has 0 aromatic carbocycles. The quantitative estimate of drug-likeness (QED) is 0.476. The second kappa shape index (κ2) is 8.35. The third kappa shape index (κ3) is 7.22. The van der Waals surface area contributed by atoms with Crippen LogP contribution in [0.3, 0.4) is 0 Å². The lowest BCUT2D eigenvalue weighted by atomic mass is 9.83. The van der Waals surface area contributed by atoms with E-state index in [2.05, 4.69) is 19.6 Å². The van der Waals surface area contributed by atoms with E-state index in [9.17, 15) is 20.1 Å². The van der Waals surface area contributed by atoms with Crippen LogP contribution >= 0.6 is 0 Å². The molecule has 0 saturated carbocycles. The van der Waals surface area contributed by atoms with Gasteiger partial charge in [0, 0.05) is 27.1 Å². The number of carbonyl (C=O) groups excluding carboxylic acids is 1. The molecule has 1 aliphatic rings. The Hall–Kier alpha value is -0.673. The number of carbonyl (C=O) groups is 1. The lowest BCUT2D eigenvalue weighted by Crippen LogP contribution is -2.65. The van der Waals surface area contributed by atoms with Gasteiger partial charge in [0.05, 0.1) is 25.9 Å². The van der Waals surface area contributed by atoms with Crippen molar-refractivity contribution in [3.05, 3.63) is 0 Å². The van der Waals surface area contributed by atoms with Gasteiger partial charge in [-0.2, -0.15) is 0 Å². The number of ether oxygens (including phenoxy) is 2. The number of aliphatic hydroxyl groups is 3. The minimum atomic E-state index is -1.78. The topological polar surface area (TPSA) is 99.5 Å². The molecule has 7 nitrogen and oxygen atoms in total. The highest BCUT2D eigenvalue weighted by atomic mass is 28.3. The fraction of sp³-hybridized carbons (Fsp3) is 0.941. The predicted octanol–water partition coefficient (Wildman–Crippen LogP) is 1.29. The molecule has 148 valence electrons. The summed E-state index contributed by atoms with van der Waals surface area (Å²) in [5.74, 6) is -0.486. The number of hydrogen-bond acceptors (Lipinski definition) is 6. The molecule has 8 heteroatoms. The first-order valence-corrected chi connectivity index (χ1v) is 12.6. The molecule has 3 N–H and O–H groups in total. The van der Waals surface area contributed by atoms with Crippen LogP contribution in [-0.4, -0.2) is 84.6 Å². The Morgan fingerprint density at radius 2 is 1.92 bits per heavy atom. The molecule has 3 atom stereocenters. The molecule has 1 heterocycles. The Labute approximate surface area is 151 Å². The number of likely N-dealkylation sites (tertiary alicyclic amines) is 1. The van der Waals surface area contributed by atoms with Crippen molar-refractivity contribution in [2.75, 3.05) is 32.9 Å². The molecular weight excluding hydrogens is 342 g/mol. The summed E-state index contributed by atoms with van der Waals surface area (Å²) in [7, 11) is -1.22. The Balaban J connectivity index is 2.73. The molecule has 0 radical (unpaired) electrons. The first-order valence-electron chi connectivity index (χ1n) is 8.84. The van der Waals surface area contributed by atoms with Gasteiger partial charge >= 0.3 is 6.09 Å². The van der Waals surface area contributed by atoms with Crippen LogP contribution in [0.5, 0.6) is 0 Å². The zero-order valence-corrected chi connectivity index (χ0v) is 17.4.